The molecule has 1 aromatic heterocycles. The van der Waals surface area contributed by atoms with Gasteiger partial charge in [-0.1, -0.05) is 12.1 Å². The van der Waals surface area contributed by atoms with E-state index in [1.54, 1.807) is 30.0 Å². The van der Waals surface area contributed by atoms with Crippen LogP contribution in [0, 0.1) is 6.92 Å². The predicted molar refractivity (Wildman–Crippen MR) is 140 cm³/mol. The van der Waals surface area contributed by atoms with E-state index in [4.69, 9.17) is 14.2 Å². The van der Waals surface area contributed by atoms with Gasteiger partial charge in [-0.05, 0) is 63.1 Å². The van der Waals surface area contributed by atoms with Crippen LogP contribution in [0.5, 0.6) is 5.75 Å². The van der Waals surface area contributed by atoms with Crippen molar-refractivity contribution in [3.8, 4) is 5.75 Å². The number of methoxy groups -OCH3 is 2. The molecule has 8 heteroatoms. The maximum atomic E-state index is 12.9. The van der Waals surface area contributed by atoms with Gasteiger partial charge in [-0.25, -0.2) is 9.59 Å². The second-order valence-corrected chi connectivity index (χ2v) is 10.4. The molecule has 1 fully saturated rings. The third kappa shape index (κ3) is 5.54. The minimum atomic E-state index is -0.617. The van der Waals surface area contributed by atoms with Crippen molar-refractivity contribution in [1.29, 1.82) is 0 Å². The van der Waals surface area contributed by atoms with Crippen LogP contribution in [0.3, 0.4) is 0 Å². The molecule has 196 valence electrons. The van der Waals surface area contributed by atoms with Gasteiger partial charge in [0.2, 0.25) is 0 Å². The first-order valence-electron chi connectivity index (χ1n) is 12.4. The van der Waals surface area contributed by atoms with Gasteiger partial charge in [0.25, 0.3) is 0 Å². The SMILES string of the molecule is COC(=O)c1ccc(C2CC(=O)CCN2Cc2c(OC)cc(C)c3c2ccn3C(=O)OC(C)(C)C)cc1. The molecule has 0 aliphatic carbocycles. The zero-order valence-electron chi connectivity index (χ0n) is 22.3. The van der Waals surface area contributed by atoms with Crippen LogP contribution < -0.4 is 4.74 Å². The zero-order chi connectivity index (χ0) is 26.9. The Morgan fingerprint density at radius 2 is 1.78 bits per heavy atom. The number of rotatable bonds is 5. The summed E-state index contributed by atoms with van der Waals surface area (Å²) < 4.78 is 17.7. The Kier molecular flexibility index (Phi) is 7.41. The molecule has 0 N–H and O–H groups in total. The number of fused-ring (bicyclic) bond motifs is 1. The first-order valence-corrected chi connectivity index (χ1v) is 12.4. The number of piperidine rings is 1. The standard InChI is InChI=1S/C29H34N2O6/c1-18-15-25(35-5)23(22-12-14-31(26(18)22)28(34)37-29(2,3)4)17-30-13-11-21(32)16-24(30)19-7-9-20(10-8-19)27(33)36-6/h7-10,12,14-15,24H,11,13,16-17H2,1-6H3. The lowest BCUT2D eigenvalue weighted by Gasteiger charge is -2.36. The molecular weight excluding hydrogens is 472 g/mol. The van der Waals surface area contributed by atoms with Gasteiger partial charge >= 0.3 is 12.1 Å². The second kappa shape index (κ2) is 10.4. The molecular formula is C29H34N2O6. The normalized spacial score (nSPS) is 16.6. The second-order valence-electron chi connectivity index (χ2n) is 10.4. The van der Waals surface area contributed by atoms with E-state index in [1.165, 1.54) is 7.11 Å². The molecule has 1 aliphatic heterocycles. The van der Waals surface area contributed by atoms with Crippen molar-refractivity contribution < 1.29 is 28.6 Å². The summed E-state index contributed by atoms with van der Waals surface area (Å²) in [4.78, 5) is 39.5. The van der Waals surface area contributed by atoms with Gasteiger partial charge in [0.15, 0.2) is 0 Å². The average molecular weight is 507 g/mol. The monoisotopic (exact) mass is 506 g/mol. The maximum Gasteiger partial charge on any atom is 0.419 e. The smallest absolute Gasteiger partial charge is 0.419 e. The van der Waals surface area contributed by atoms with Crippen LogP contribution >= 0.6 is 0 Å². The maximum absolute atomic E-state index is 12.9. The Balaban J connectivity index is 1.72. The number of benzene rings is 2. The highest BCUT2D eigenvalue weighted by atomic mass is 16.6. The first kappa shape index (κ1) is 26.4. The minimum absolute atomic E-state index is 0.151. The molecule has 1 unspecified atom stereocenters. The van der Waals surface area contributed by atoms with E-state index in [9.17, 15) is 14.4 Å². The van der Waals surface area contributed by atoms with E-state index in [0.29, 0.717) is 31.5 Å². The summed E-state index contributed by atoms with van der Waals surface area (Å²) in [6.07, 6.45) is 2.15. The summed E-state index contributed by atoms with van der Waals surface area (Å²) in [6.45, 7) is 8.58. The number of ether oxygens (including phenoxy) is 3. The molecule has 0 amide bonds. The summed E-state index contributed by atoms with van der Waals surface area (Å²) in [5, 5.41) is 0.902. The highest BCUT2D eigenvalue weighted by Crippen LogP contribution is 2.37. The van der Waals surface area contributed by atoms with Gasteiger partial charge in [-0.3, -0.25) is 14.3 Å². The first-order chi connectivity index (χ1) is 17.5. The molecule has 2 aromatic carbocycles. The Labute approximate surface area is 217 Å². The van der Waals surface area contributed by atoms with Crippen LogP contribution in [0.15, 0.2) is 42.6 Å². The number of carbonyl (C=O) groups excluding carboxylic acids is 3. The molecule has 4 rings (SSSR count). The van der Waals surface area contributed by atoms with Crippen LogP contribution in [-0.4, -0.2) is 53.7 Å². The number of aryl methyl sites for hydroxylation is 1. The number of aromatic nitrogens is 1. The Bertz CT molecular complexity index is 1330. The summed E-state index contributed by atoms with van der Waals surface area (Å²) in [5.41, 5.74) is 3.41. The van der Waals surface area contributed by atoms with Crippen molar-refractivity contribution in [2.24, 2.45) is 0 Å². The number of nitrogens with zero attached hydrogens (tertiary/aromatic N) is 2. The van der Waals surface area contributed by atoms with Crippen LogP contribution in [0.1, 0.15) is 66.7 Å². The van der Waals surface area contributed by atoms with Crippen molar-refractivity contribution in [3.05, 3.63) is 64.8 Å². The molecule has 37 heavy (non-hydrogen) atoms. The fraction of sp³-hybridized carbons (Fsp3) is 0.414. The zero-order valence-corrected chi connectivity index (χ0v) is 22.3. The molecule has 1 atom stereocenters. The molecule has 0 bridgehead atoms. The van der Waals surface area contributed by atoms with Crippen LogP contribution in [0.4, 0.5) is 4.79 Å². The van der Waals surface area contributed by atoms with E-state index in [1.807, 2.05) is 52.0 Å². The van der Waals surface area contributed by atoms with Gasteiger partial charge < -0.3 is 14.2 Å². The number of carbonyl (C=O) groups is 3. The van der Waals surface area contributed by atoms with Crippen molar-refractivity contribution in [1.82, 2.24) is 9.47 Å². The topological polar surface area (TPSA) is 87.1 Å². The number of esters is 1. The van der Waals surface area contributed by atoms with Crippen molar-refractivity contribution in [2.45, 2.75) is 58.7 Å². The fourth-order valence-corrected chi connectivity index (χ4v) is 4.92. The molecule has 0 radical (unpaired) electrons. The van der Waals surface area contributed by atoms with E-state index in [-0.39, 0.29) is 11.8 Å². The van der Waals surface area contributed by atoms with Gasteiger partial charge in [0.1, 0.15) is 17.1 Å². The summed E-state index contributed by atoms with van der Waals surface area (Å²) in [6, 6.07) is 10.9. The molecule has 0 saturated carbocycles. The van der Waals surface area contributed by atoms with E-state index in [0.717, 1.165) is 33.3 Å². The largest absolute Gasteiger partial charge is 0.496 e. The number of ketones is 1. The quantitative estimate of drug-likeness (QED) is 0.426. The van der Waals surface area contributed by atoms with E-state index < -0.39 is 17.7 Å². The lowest BCUT2D eigenvalue weighted by atomic mass is 9.92. The van der Waals surface area contributed by atoms with Crippen molar-refractivity contribution in [2.75, 3.05) is 20.8 Å². The molecule has 1 saturated heterocycles. The van der Waals surface area contributed by atoms with Gasteiger partial charge in [-0.2, -0.15) is 0 Å². The Hall–Kier alpha value is -3.65. The van der Waals surface area contributed by atoms with Crippen molar-refractivity contribution >= 4 is 28.7 Å². The lowest BCUT2D eigenvalue weighted by molar-refractivity contribution is -0.123. The molecule has 0 spiro atoms. The summed E-state index contributed by atoms with van der Waals surface area (Å²) >= 11 is 0. The van der Waals surface area contributed by atoms with Gasteiger partial charge in [0, 0.05) is 49.1 Å². The van der Waals surface area contributed by atoms with E-state index in [2.05, 4.69) is 4.90 Å². The summed E-state index contributed by atoms with van der Waals surface area (Å²) in [5.74, 6) is 0.531. The molecule has 8 nitrogen and oxygen atoms in total. The molecule has 1 aliphatic rings. The van der Waals surface area contributed by atoms with Gasteiger partial charge in [0.05, 0.1) is 25.3 Å². The predicted octanol–water partition coefficient (Wildman–Crippen LogP) is 5.43. The highest BCUT2D eigenvalue weighted by Gasteiger charge is 2.30. The molecule has 3 aromatic rings. The van der Waals surface area contributed by atoms with E-state index >= 15 is 0 Å². The highest BCUT2D eigenvalue weighted by molar-refractivity contribution is 5.95. The Morgan fingerprint density at radius 1 is 1.08 bits per heavy atom. The number of likely N-dealkylation sites (tertiary alicyclic amines) is 1. The number of Topliss-reactive ketones (excluding diaryl/α,β-unsaturated/α-hetero) is 1. The lowest BCUT2D eigenvalue weighted by Crippen LogP contribution is -2.36. The van der Waals surface area contributed by atoms with Crippen LogP contribution in [0.25, 0.3) is 10.9 Å². The van der Waals surface area contributed by atoms with Crippen LogP contribution in [-0.2, 0) is 20.8 Å². The average Bonchev–Trinajstić information content (AvgIpc) is 3.31. The molecule has 2 heterocycles. The third-order valence-electron chi connectivity index (χ3n) is 6.66. The Morgan fingerprint density at radius 3 is 2.41 bits per heavy atom. The van der Waals surface area contributed by atoms with Crippen molar-refractivity contribution in [3.63, 3.8) is 0 Å². The van der Waals surface area contributed by atoms with Crippen LogP contribution in [0.2, 0.25) is 0 Å². The summed E-state index contributed by atoms with van der Waals surface area (Å²) in [7, 11) is 2.99. The van der Waals surface area contributed by atoms with Gasteiger partial charge in [-0.15, -0.1) is 0 Å². The minimum Gasteiger partial charge on any atom is -0.496 e. The fourth-order valence-electron chi connectivity index (χ4n) is 4.92. The number of hydrogen-bond acceptors (Lipinski definition) is 7. The third-order valence-corrected chi connectivity index (χ3v) is 6.66. The number of hydrogen-bond donors (Lipinski definition) is 0.